The van der Waals surface area contributed by atoms with E-state index in [1.165, 1.54) is 18.2 Å². The normalized spacial score (nSPS) is 17.3. The molecule has 3 N–H and O–H groups in total. The van der Waals surface area contributed by atoms with Crippen molar-refractivity contribution in [2.24, 2.45) is 11.7 Å². The Morgan fingerprint density at radius 3 is 2.38 bits per heavy atom. The highest BCUT2D eigenvalue weighted by Crippen LogP contribution is 2.32. The molecule has 1 aliphatic rings. The van der Waals surface area contributed by atoms with Crippen LogP contribution in [0.25, 0.3) is 0 Å². The van der Waals surface area contributed by atoms with Crippen LogP contribution >= 0.6 is 0 Å². The summed E-state index contributed by atoms with van der Waals surface area (Å²) >= 11 is 0. The number of carbonyl (C=O) groups is 2. The second-order valence-corrected chi connectivity index (χ2v) is 6.16. The second-order valence-electron chi connectivity index (χ2n) is 6.16. The van der Waals surface area contributed by atoms with Crippen molar-refractivity contribution in [3.8, 4) is 0 Å². The summed E-state index contributed by atoms with van der Waals surface area (Å²) in [5.74, 6) is -1.34. The van der Waals surface area contributed by atoms with Gasteiger partial charge in [-0.15, -0.1) is 0 Å². The average molecular weight is 342 g/mol. The highest BCUT2D eigenvalue weighted by Gasteiger charge is 2.34. The van der Waals surface area contributed by atoms with Crippen LogP contribution in [0.4, 0.5) is 13.2 Å². The minimum Gasteiger partial charge on any atom is -0.368 e. The summed E-state index contributed by atoms with van der Waals surface area (Å²) in [4.78, 5) is 23.9. The van der Waals surface area contributed by atoms with Gasteiger partial charge in [-0.1, -0.05) is 37.5 Å². The van der Waals surface area contributed by atoms with E-state index in [4.69, 9.17) is 5.73 Å². The van der Waals surface area contributed by atoms with Gasteiger partial charge in [0.2, 0.25) is 11.8 Å². The number of nitrogens with one attached hydrogen (secondary N) is 1. The number of benzene rings is 1. The van der Waals surface area contributed by atoms with Gasteiger partial charge < -0.3 is 11.1 Å². The average Bonchev–Trinajstić information content (AvgIpc) is 2.54. The molecule has 7 heteroatoms. The number of alkyl halides is 3. The molecule has 0 radical (unpaired) electrons. The summed E-state index contributed by atoms with van der Waals surface area (Å²) in [6, 6.07) is 3.85. The van der Waals surface area contributed by atoms with Gasteiger partial charge in [-0.25, -0.2) is 0 Å². The quantitative estimate of drug-likeness (QED) is 0.864. The maximum Gasteiger partial charge on any atom is 0.416 e. The third-order valence-electron chi connectivity index (χ3n) is 4.38. The van der Waals surface area contributed by atoms with Crippen LogP contribution < -0.4 is 11.1 Å². The molecule has 0 saturated heterocycles. The molecule has 4 nitrogen and oxygen atoms in total. The smallest absolute Gasteiger partial charge is 0.368 e. The van der Waals surface area contributed by atoms with Crippen molar-refractivity contribution in [3.63, 3.8) is 0 Å². The first-order valence-corrected chi connectivity index (χ1v) is 8.04. The molecule has 132 valence electrons. The molecule has 1 fully saturated rings. The van der Waals surface area contributed by atoms with E-state index in [-0.39, 0.29) is 23.8 Å². The molecule has 0 spiro atoms. The number of hydrogen-bond donors (Lipinski definition) is 2. The van der Waals surface area contributed by atoms with E-state index in [0.717, 1.165) is 38.2 Å². The van der Waals surface area contributed by atoms with E-state index in [1.807, 2.05) is 0 Å². The minimum atomic E-state index is -4.52. The Balaban J connectivity index is 2.12. The molecule has 1 aliphatic carbocycles. The topological polar surface area (TPSA) is 72.2 Å². The lowest BCUT2D eigenvalue weighted by atomic mass is 9.88. The number of hydrogen-bond acceptors (Lipinski definition) is 2. The molecule has 0 unspecified atom stereocenters. The van der Waals surface area contributed by atoms with Gasteiger partial charge >= 0.3 is 6.18 Å². The van der Waals surface area contributed by atoms with Gasteiger partial charge in [-0.3, -0.25) is 9.59 Å². The van der Waals surface area contributed by atoms with E-state index in [1.54, 1.807) is 0 Å². The SMILES string of the molecule is NC(=O)[C@@H](Cc1ccccc1C(F)(F)F)NC(=O)C1CCCCC1. The monoisotopic (exact) mass is 342 g/mol. The van der Waals surface area contributed by atoms with Crippen LogP contribution in [0.15, 0.2) is 24.3 Å². The van der Waals surface area contributed by atoms with Crippen LogP contribution in [0, 0.1) is 5.92 Å². The zero-order valence-electron chi connectivity index (χ0n) is 13.2. The van der Waals surface area contributed by atoms with Crippen molar-refractivity contribution in [2.45, 2.75) is 50.7 Å². The molecule has 1 aromatic carbocycles. The van der Waals surface area contributed by atoms with Gasteiger partial charge in [0, 0.05) is 12.3 Å². The number of halogens is 3. The molecular weight excluding hydrogens is 321 g/mol. The minimum absolute atomic E-state index is 0.0576. The summed E-state index contributed by atoms with van der Waals surface area (Å²) in [7, 11) is 0. The van der Waals surface area contributed by atoms with E-state index >= 15 is 0 Å². The number of rotatable bonds is 5. The number of primary amides is 1. The summed E-state index contributed by atoms with van der Waals surface area (Å²) < 4.78 is 39.1. The Morgan fingerprint density at radius 2 is 1.79 bits per heavy atom. The standard InChI is InChI=1S/C17H21F3N2O2/c18-17(19,20)13-9-5-4-8-12(13)10-14(15(21)23)22-16(24)11-6-2-1-3-7-11/h4-5,8-9,11,14H,1-3,6-7,10H2,(H2,21,23)(H,22,24)/t14-/m1/s1. The maximum absolute atomic E-state index is 13.0. The van der Waals surface area contributed by atoms with Crippen LogP contribution in [0.5, 0.6) is 0 Å². The molecule has 0 aliphatic heterocycles. The Hall–Kier alpha value is -2.05. The van der Waals surface area contributed by atoms with Gasteiger partial charge in [0.15, 0.2) is 0 Å². The van der Waals surface area contributed by atoms with Crippen LogP contribution in [0.3, 0.4) is 0 Å². The Kier molecular flexibility index (Phi) is 5.85. The van der Waals surface area contributed by atoms with Crippen molar-refractivity contribution in [2.75, 3.05) is 0 Å². The number of carbonyl (C=O) groups excluding carboxylic acids is 2. The Bertz CT molecular complexity index is 596. The highest BCUT2D eigenvalue weighted by atomic mass is 19.4. The van der Waals surface area contributed by atoms with Gasteiger partial charge in [0.05, 0.1) is 5.56 Å². The Morgan fingerprint density at radius 1 is 1.17 bits per heavy atom. The fourth-order valence-electron chi connectivity index (χ4n) is 3.07. The molecule has 0 aromatic heterocycles. The number of nitrogens with two attached hydrogens (primary N) is 1. The first kappa shape index (κ1) is 18.3. The predicted molar refractivity (Wildman–Crippen MR) is 82.8 cm³/mol. The molecular formula is C17H21F3N2O2. The van der Waals surface area contributed by atoms with Crippen LogP contribution in [-0.4, -0.2) is 17.9 Å². The molecule has 0 bridgehead atoms. The summed E-state index contributed by atoms with van der Waals surface area (Å²) in [5, 5.41) is 2.53. The fraction of sp³-hybridized carbons (Fsp3) is 0.529. The molecule has 0 heterocycles. The van der Waals surface area contributed by atoms with Gasteiger partial charge in [-0.05, 0) is 24.5 Å². The lowest BCUT2D eigenvalue weighted by Gasteiger charge is -2.24. The van der Waals surface area contributed by atoms with Crippen molar-refractivity contribution < 1.29 is 22.8 Å². The summed E-state index contributed by atoms with van der Waals surface area (Å²) in [5.41, 5.74) is 4.41. The first-order chi connectivity index (χ1) is 11.3. The summed E-state index contributed by atoms with van der Waals surface area (Å²) in [6.07, 6.45) is -0.378. The maximum atomic E-state index is 13.0. The fourth-order valence-corrected chi connectivity index (χ4v) is 3.07. The lowest BCUT2D eigenvalue weighted by Crippen LogP contribution is -2.48. The van der Waals surface area contributed by atoms with Crippen molar-refractivity contribution in [1.82, 2.24) is 5.32 Å². The van der Waals surface area contributed by atoms with Crippen molar-refractivity contribution in [3.05, 3.63) is 35.4 Å². The van der Waals surface area contributed by atoms with E-state index in [0.29, 0.717) is 0 Å². The van der Waals surface area contributed by atoms with Gasteiger partial charge in [0.1, 0.15) is 6.04 Å². The van der Waals surface area contributed by atoms with Crippen LogP contribution in [0.2, 0.25) is 0 Å². The third kappa shape index (κ3) is 4.72. The van der Waals surface area contributed by atoms with Gasteiger partial charge in [0.25, 0.3) is 0 Å². The predicted octanol–water partition coefficient (Wildman–Crippen LogP) is 2.80. The van der Waals surface area contributed by atoms with Crippen molar-refractivity contribution in [1.29, 1.82) is 0 Å². The molecule has 1 aromatic rings. The van der Waals surface area contributed by atoms with Crippen LogP contribution in [-0.2, 0) is 22.2 Å². The molecule has 1 atom stereocenters. The summed E-state index contributed by atoms with van der Waals surface area (Å²) in [6.45, 7) is 0. The molecule has 2 rings (SSSR count). The molecule has 24 heavy (non-hydrogen) atoms. The van der Waals surface area contributed by atoms with Crippen molar-refractivity contribution >= 4 is 11.8 Å². The van der Waals surface area contributed by atoms with E-state index in [9.17, 15) is 22.8 Å². The zero-order chi connectivity index (χ0) is 17.7. The highest BCUT2D eigenvalue weighted by molar-refractivity contribution is 5.87. The molecule has 2 amide bonds. The molecule has 1 saturated carbocycles. The zero-order valence-corrected chi connectivity index (χ0v) is 13.2. The van der Waals surface area contributed by atoms with Gasteiger partial charge in [-0.2, -0.15) is 13.2 Å². The number of amides is 2. The Labute approximate surface area is 138 Å². The van der Waals surface area contributed by atoms with Crippen LogP contribution in [0.1, 0.15) is 43.2 Å². The van der Waals surface area contributed by atoms with E-state index < -0.39 is 23.7 Å². The largest absolute Gasteiger partial charge is 0.416 e. The third-order valence-corrected chi connectivity index (χ3v) is 4.38. The lowest BCUT2D eigenvalue weighted by molar-refractivity contribution is -0.138. The first-order valence-electron chi connectivity index (χ1n) is 8.04. The van der Waals surface area contributed by atoms with E-state index in [2.05, 4.69) is 5.32 Å². The second kappa shape index (κ2) is 7.68.